The molecular formula is C14H20N2O2. The predicted molar refractivity (Wildman–Crippen MR) is 67.4 cm³/mol. The Kier molecular flexibility index (Phi) is 2.88. The smallest absolute Gasteiger partial charge is 0.276 e. The van der Waals surface area contributed by atoms with Crippen LogP contribution in [0.3, 0.4) is 0 Å². The molecule has 1 amide bonds. The van der Waals surface area contributed by atoms with Gasteiger partial charge in [0.2, 0.25) is 0 Å². The minimum absolute atomic E-state index is 0.0556. The monoisotopic (exact) mass is 248 g/mol. The molecule has 98 valence electrons. The van der Waals surface area contributed by atoms with Gasteiger partial charge in [0.1, 0.15) is 5.76 Å². The van der Waals surface area contributed by atoms with E-state index in [1.165, 1.54) is 19.3 Å². The van der Waals surface area contributed by atoms with Crippen LogP contribution in [0.2, 0.25) is 0 Å². The summed E-state index contributed by atoms with van der Waals surface area (Å²) >= 11 is 0. The summed E-state index contributed by atoms with van der Waals surface area (Å²) in [5.74, 6) is 1.83. The summed E-state index contributed by atoms with van der Waals surface area (Å²) < 4.78 is 5.22. The van der Waals surface area contributed by atoms with Crippen LogP contribution in [0.5, 0.6) is 0 Å². The molecule has 0 unspecified atom stereocenters. The third kappa shape index (κ3) is 1.93. The number of nitrogens with zero attached hydrogens (tertiary/aromatic N) is 2. The molecule has 1 aliphatic heterocycles. The Morgan fingerprint density at radius 1 is 1.50 bits per heavy atom. The van der Waals surface area contributed by atoms with Gasteiger partial charge in [-0.05, 0) is 25.2 Å². The zero-order chi connectivity index (χ0) is 12.7. The van der Waals surface area contributed by atoms with Crippen LogP contribution in [-0.2, 0) is 0 Å². The standard InChI is InChI=1S/C14H20N2O2/c1-9(2)13-7-12(15-18-13)14(17)16-8-10-4-3-5-11(16)6-10/h7,9-11H,3-6,8H2,1-2H3/t10-,11+/m1/s1. The van der Waals surface area contributed by atoms with Crippen LogP contribution in [-0.4, -0.2) is 28.6 Å². The highest BCUT2D eigenvalue weighted by molar-refractivity contribution is 5.92. The van der Waals surface area contributed by atoms with E-state index in [4.69, 9.17) is 4.52 Å². The van der Waals surface area contributed by atoms with E-state index in [0.29, 0.717) is 17.7 Å². The van der Waals surface area contributed by atoms with Crippen molar-refractivity contribution < 1.29 is 9.32 Å². The van der Waals surface area contributed by atoms with E-state index >= 15 is 0 Å². The number of carbonyl (C=O) groups excluding carboxylic acids is 1. The maximum Gasteiger partial charge on any atom is 0.276 e. The third-order valence-electron chi connectivity index (χ3n) is 4.23. The van der Waals surface area contributed by atoms with Crippen molar-refractivity contribution in [3.63, 3.8) is 0 Å². The van der Waals surface area contributed by atoms with Crippen LogP contribution in [0.1, 0.15) is 61.7 Å². The predicted octanol–water partition coefficient (Wildman–Crippen LogP) is 2.81. The van der Waals surface area contributed by atoms with Crippen molar-refractivity contribution >= 4 is 5.91 Å². The number of rotatable bonds is 2. The van der Waals surface area contributed by atoms with Gasteiger partial charge in [-0.3, -0.25) is 4.79 Å². The average molecular weight is 248 g/mol. The molecule has 2 atom stereocenters. The number of aromatic nitrogens is 1. The van der Waals surface area contributed by atoms with Gasteiger partial charge in [0.25, 0.3) is 5.91 Å². The molecule has 4 nitrogen and oxygen atoms in total. The number of likely N-dealkylation sites (tertiary alicyclic amines) is 1. The molecule has 3 rings (SSSR count). The summed E-state index contributed by atoms with van der Waals surface area (Å²) in [6.45, 7) is 4.99. The lowest BCUT2D eigenvalue weighted by molar-refractivity contribution is 0.0722. The van der Waals surface area contributed by atoms with Gasteiger partial charge < -0.3 is 9.42 Å². The highest BCUT2D eigenvalue weighted by Gasteiger charge is 2.38. The van der Waals surface area contributed by atoms with Crippen molar-refractivity contribution in [1.29, 1.82) is 0 Å². The largest absolute Gasteiger partial charge is 0.360 e. The average Bonchev–Trinajstić information content (AvgIpc) is 2.94. The second kappa shape index (κ2) is 4.41. The van der Waals surface area contributed by atoms with E-state index in [9.17, 15) is 4.79 Å². The quantitative estimate of drug-likeness (QED) is 0.808. The van der Waals surface area contributed by atoms with E-state index in [2.05, 4.69) is 5.16 Å². The van der Waals surface area contributed by atoms with Crippen molar-refractivity contribution in [2.45, 2.75) is 51.5 Å². The van der Waals surface area contributed by atoms with Crippen molar-refractivity contribution in [2.24, 2.45) is 5.92 Å². The van der Waals surface area contributed by atoms with Crippen molar-refractivity contribution in [3.05, 3.63) is 17.5 Å². The second-order valence-corrected chi connectivity index (χ2v) is 5.91. The van der Waals surface area contributed by atoms with Gasteiger partial charge in [0.15, 0.2) is 5.69 Å². The SMILES string of the molecule is CC(C)c1cc(C(=O)N2C[C@@H]3CCC[C@H]2C3)no1. The maximum absolute atomic E-state index is 12.4. The summed E-state index contributed by atoms with van der Waals surface area (Å²) in [7, 11) is 0. The Morgan fingerprint density at radius 3 is 3.00 bits per heavy atom. The Hall–Kier alpha value is -1.32. The number of amides is 1. The van der Waals surface area contributed by atoms with Crippen LogP contribution < -0.4 is 0 Å². The molecule has 2 aliphatic rings. The Bertz CT molecular complexity index is 452. The number of fused-ring (bicyclic) bond motifs is 2. The lowest BCUT2D eigenvalue weighted by atomic mass is 9.90. The van der Waals surface area contributed by atoms with Crippen LogP contribution in [0.4, 0.5) is 0 Å². The third-order valence-corrected chi connectivity index (χ3v) is 4.23. The molecule has 1 aromatic rings. The summed E-state index contributed by atoms with van der Waals surface area (Å²) in [6, 6.07) is 2.24. The van der Waals surface area contributed by atoms with Crippen molar-refractivity contribution in [3.8, 4) is 0 Å². The number of hydrogen-bond donors (Lipinski definition) is 0. The maximum atomic E-state index is 12.4. The molecule has 1 saturated carbocycles. The lowest BCUT2D eigenvalue weighted by Crippen LogP contribution is -2.35. The van der Waals surface area contributed by atoms with Crippen LogP contribution in [0.25, 0.3) is 0 Å². The summed E-state index contributed by atoms with van der Waals surface area (Å²) in [6.07, 6.45) is 4.86. The second-order valence-electron chi connectivity index (χ2n) is 5.91. The van der Waals surface area contributed by atoms with Gasteiger partial charge in [0.05, 0.1) is 0 Å². The molecule has 1 aliphatic carbocycles. The van der Waals surface area contributed by atoms with Crippen LogP contribution in [0, 0.1) is 5.92 Å². The first-order valence-corrected chi connectivity index (χ1v) is 6.92. The van der Waals surface area contributed by atoms with E-state index in [1.807, 2.05) is 18.7 Å². The molecule has 0 aromatic carbocycles. The minimum Gasteiger partial charge on any atom is -0.360 e. The molecule has 1 aromatic heterocycles. The normalized spacial score (nSPS) is 26.9. The van der Waals surface area contributed by atoms with Gasteiger partial charge in [-0.25, -0.2) is 0 Å². The van der Waals surface area contributed by atoms with Gasteiger partial charge in [-0.1, -0.05) is 25.4 Å². The highest BCUT2D eigenvalue weighted by Crippen LogP contribution is 2.36. The molecule has 2 heterocycles. The molecule has 0 radical (unpaired) electrons. The summed E-state index contributed by atoms with van der Waals surface area (Å²) in [5, 5.41) is 3.93. The number of carbonyl (C=O) groups is 1. The molecule has 1 saturated heterocycles. The van der Waals surface area contributed by atoms with E-state index in [-0.39, 0.29) is 11.8 Å². The van der Waals surface area contributed by atoms with Gasteiger partial charge in [0, 0.05) is 24.6 Å². The van der Waals surface area contributed by atoms with Gasteiger partial charge >= 0.3 is 0 Å². The van der Waals surface area contributed by atoms with E-state index in [1.54, 1.807) is 6.07 Å². The molecule has 2 fully saturated rings. The fourth-order valence-electron chi connectivity index (χ4n) is 3.20. The first-order valence-electron chi connectivity index (χ1n) is 6.92. The Labute approximate surface area is 107 Å². The Morgan fingerprint density at radius 2 is 2.33 bits per heavy atom. The first kappa shape index (κ1) is 11.8. The molecule has 0 N–H and O–H groups in total. The van der Waals surface area contributed by atoms with Gasteiger partial charge in [-0.2, -0.15) is 0 Å². The Balaban J connectivity index is 1.77. The number of hydrogen-bond acceptors (Lipinski definition) is 3. The van der Waals surface area contributed by atoms with Crippen molar-refractivity contribution in [1.82, 2.24) is 10.1 Å². The van der Waals surface area contributed by atoms with Crippen LogP contribution >= 0.6 is 0 Å². The highest BCUT2D eigenvalue weighted by atomic mass is 16.5. The molecule has 0 spiro atoms. The minimum atomic E-state index is 0.0556. The van der Waals surface area contributed by atoms with Gasteiger partial charge in [-0.15, -0.1) is 0 Å². The molecule has 2 bridgehead atoms. The molecule has 18 heavy (non-hydrogen) atoms. The zero-order valence-corrected chi connectivity index (χ0v) is 11.1. The zero-order valence-electron chi connectivity index (χ0n) is 11.1. The molecule has 4 heteroatoms. The fraction of sp³-hybridized carbons (Fsp3) is 0.714. The first-order chi connectivity index (χ1) is 8.65. The van der Waals surface area contributed by atoms with E-state index < -0.39 is 0 Å². The van der Waals surface area contributed by atoms with E-state index in [0.717, 1.165) is 18.7 Å². The summed E-state index contributed by atoms with van der Waals surface area (Å²) in [5.41, 5.74) is 0.478. The van der Waals surface area contributed by atoms with Crippen LogP contribution in [0.15, 0.2) is 10.6 Å². The summed E-state index contributed by atoms with van der Waals surface area (Å²) in [4.78, 5) is 14.4. The molecular weight excluding hydrogens is 228 g/mol. The fourth-order valence-corrected chi connectivity index (χ4v) is 3.20. The lowest BCUT2D eigenvalue weighted by Gasteiger charge is -2.23. The van der Waals surface area contributed by atoms with Crippen molar-refractivity contribution in [2.75, 3.05) is 6.54 Å². The topological polar surface area (TPSA) is 46.3 Å².